The molecule has 0 spiro atoms. The zero-order valence-corrected chi connectivity index (χ0v) is 15.4. The van der Waals surface area contributed by atoms with Crippen molar-refractivity contribution in [1.82, 2.24) is 0 Å². The van der Waals surface area contributed by atoms with E-state index in [2.05, 4.69) is 87.6 Å². The number of benzene rings is 2. The van der Waals surface area contributed by atoms with Crippen molar-refractivity contribution >= 4 is 20.2 Å². The van der Waals surface area contributed by atoms with Gasteiger partial charge in [0.2, 0.25) is 0 Å². The second kappa shape index (κ2) is 5.07. The van der Waals surface area contributed by atoms with Crippen LogP contribution in [0.1, 0.15) is 44.5 Å². The van der Waals surface area contributed by atoms with Crippen LogP contribution in [0.5, 0.6) is 0 Å². The molecule has 1 heteroatoms. The summed E-state index contributed by atoms with van der Waals surface area (Å²) in [6.45, 7) is 9.58. The molecule has 2 aliphatic rings. The van der Waals surface area contributed by atoms with E-state index in [1.165, 1.54) is 22.3 Å². The van der Waals surface area contributed by atoms with Gasteiger partial charge in [0.05, 0.1) is 8.07 Å². The van der Waals surface area contributed by atoms with E-state index < -0.39 is 8.07 Å². The lowest BCUT2D eigenvalue weighted by atomic mass is 10.0. The van der Waals surface area contributed by atoms with Crippen LogP contribution >= 0.6 is 0 Å². The van der Waals surface area contributed by atoms with E-state index in [0.29, 0.717) is 11.1 Å². The Morgan fingerprint density at radius 3 is 1.57 bits per heavy atom. The Morgan fingerprint density at radius 1 is 0.696 bits per heavy atom. The summed E-state index contributed by atoms with van der Waals surface area (Å²) < 4.78 is 0. The van der Waals surface area contributed by atoms with Crippen LogP contribution in [0.3, 0.4) is 0 Å². The summed E-state index contributed by atoms with van der Waals surface area (Å²) in [6, 6.07) is 13.6. The molecule has 0 N–H and O–H groups in total. The first kappa shape index (κ1) is 14.7. The van der Waals surface area contributed by atoms with Gasteiger partial charge in [0.25, 0.3) is 0 Å². The molecule has 0 saturated heterocycles. The monoisotopic (exact) mass is 316 g/mol. The van der Waals surface area contributed by atoms with Crippen LogP contribution in [0, 0.1) is 13.8 Å². The van der Waals surface area contributed by atoms with Gasteiger partial charge in [-0.15, -0.1) is 0 Å². The van der Waals surface area contributed by atoms with E-state index >= 15 is 0 Å². The van der Waals surface area contributed by atoms with Crippen LogP contribution in [0.4, 0.5) is 0 Å². The van der Waals surface area contributed by atoms with Crippen molar-refractivity contribution in [2.75, 3.05) is 0 Å². The lowest BCUT2D eigenvalue weighted by molar-refractivity contribution is 1.04. The maximum Gasteiger partial charge on any atom is 0.0715 e. The van der Waals surface area contributed by atoms with Crippen LogP contribution in [-0.4, -0.2) is 8.07 Å². The third-order valence-electron chi connectivity index (χ3n) is 5.90. The van der Waals surface area contributed by atoms with E-state index in [4.69, 9.17) is 0 Å². The first-order valence-corrected chi connectivity index (χ1v) is 11.7. The second-order valence-corrected chi connectivity index (χ2v) is 12.5. The molecule has 0 fully saturated rings. The number of allylic oxidation sites excluding steroid dienone is 2. The van der Waals surface area contributed by atoms with Crippen LogP contribution in [0.2, 0.25) is 13.1 Å². The molecule has 0 radical (unpaired) electrons. The smallest absolute Gasteiger partial charge is 0.0715 e. The quantitative estimate of drug-likeness (QED) is 0.595. The highest BCUT2D eigenvalue weighted by atomic mass is 28.3. The van der Waals surface area contributed by atoms with Gasteiger partial charge in [-0.05, 0) is 58.3 Å². The molecule has 2 unspecified atom stereocenters. The topological polar surface area (TPSA) is 0 Å². The highest BCUT2D eigenvalue weighted by Gasteiger charge is 2.42. The third kappa shape index (κ3) is 2.10. The molecular formula is C22H24Si. The zero-order chi connectivity index (χ0) is 16.2. The SMILES string of the molecule is Cc1cccc2c1C=CC2[Si](C)(C)C1C=Cc2c(C)cccc21. The van der Waals surface area contributed by atoms with E-state index in [0.717, 1.165) is 0 Å². The van der Waals surface area contributed by atoms with Gasteiger partial charge in [-0.3, -0.25) is 0 Å². The maximum absolute atomic E-state index is 2.56. The summed E-state index contributed by atoms with van der Waals surface area (Å²) in [5, 5.41) is 0. The Bertz CT molecular complexity index is 770. The fourth-order valence-corrected chi connectivity index (χ4v) is 8.17. The minimum atomic E-state index is -1.56. The molecule has 2 atom stereocenters. The molecule has 4 rings (SSSR count). The molecule has 116 valence electrons. The average Bonchev–Trinajstić information content (AvgIpc) is 3.12. The first-order chi connectivity index (χ1) is 11.0. The zero-order valence-electron chi connectivity index (χ0n) is 14.4. The predicted octanol–water partition coefficient (Wildman–Crippen LogP) is 6.01. The van der Waals surface area contributed by atoms with Crippen molar-refractivity contribution in [3.63, 3.8) is 0 Å². The van der Waals surface area contributed by atoms with Crippen molar-refractivity contribution in [1.29, 1.82) is 0 Å². The Morgan fingerprint density at radius 2 is 1.13 bits per heavy atom. The summed E-state index contributed by atoms with van der Waals surface area (Å²) in [7, 11) is -1.56. The Kier molecular flexibility index (Phi) is 3.24. The van der Waals surface area contributed by atoms with E-state index in [9.17, 15) is 0 Å². The van der Waals surface area contributed by atoms with Crippen molar-refractivity contribution < 1.29 is 0 Å². The summed E-state index contributed by atoms with van der Waals surface area (Å²) in [4.78, 5) is 0. The van der Waals surface area contributed by atoms with Crippen molar-refractivity contribution in [3.05, 3.63) is 81.9 Å². The first-order valence-electron chi connectivity index (χ1n) is 8.55. The van der Waals surface area contributed by atoms with Crippen LogP contribution in [0.25, 0.3) is 12.2 Å². The van der Waals surface area contributed by atoms with E-state index in [1.807, 2.05) is 0 Å². The van der Waals surface area contributed by atoms with E-state index in [1.54, 1.807) is 11.1 Å². The molecule has 0 nitrogen and oxygen atoms in total. The van der Waals surface area contributed by atoms with Crippen LogP contribution in [0.15, 0.2) is 48.6 Å². The highest BCUT2D eigenvalue weighted by Crippen LogP contribution is 2.47. The largest absolute Gasteiger partial charge is 0.0791 e. The normalized spacial score (nSPS) is 21.6. The van der Waals surface area contributed by atoms with Crippen molar-refractivity contribution in [3.8, 4) is 0 Å². The molecule has 0 amide bonds. The Labute approximate surface area is 140 Å². The second-order valence-electron chi connectivity index (χ2n) is 7.65. The number of hydrogen-bond acceptors (Lipinski definition) is 0. The third-order valence-corrected chi connectivity index (χ3v) is 10.1. The van der Waals surface area contributed by atoms with Gasteiger partial charge in [0.15, 0.2) is 0 Å². The minimum absolute atomic E-state index is 0.610. The number of aryl methyl sites for hydroxylation is 2. The minimum Gasteiger partial charge on any atom is -0.0791 e. The Hall–Kier alpha value is -1.86. The maximum atomic E-state index is 2.56. The molecule has 2 aliphatic carbocycles. The molecule has 0 saturated carbocycles. The molecule has 0 aliphatic heterocycles. The van der Waals surface area contributed by atoms with Gasteiger partial charge in [-0.1, -0.05) is 73.8 Å². The molecule has 23 heavy (non-hydrogen) atoms. The number of fused-ring (bicyclic) bond motifs is 2. The van der Waals surface area contributed by atoms with Crippen LogP contribution in [-0.2, 0) is 0 Å². The summed E-state index contributed by atoms with van der Waals surface area (Å²) in [6.07, 6.45) is 9.68. The Balaban J connectivity index is 1.78. The standard InChI is InChI=1S/C22H24Si/c1-15-7-5-9-19-17(15)11-13-21(19)23(3,4)22-14-12-18-16(2)8-6-10-20(18)22/h5-14,21-22H,1-4H3. The highest BCUT2D eigenvalue weighted by molar-refractivity contribution is 6.81. The molecule has 0 aromatic heterocycles. The van der Waals surface area contributed by atoms with Crippen molar-refractivity contribution in [2.24, 2.45) is 0 Å². The van der Waals surface area contributed by atoms with E-state index in [-0.39, 0.29) is 0 Å². The van der Waals surface area contributed by atoms with Gasteiger partial charge in [0, 0.05) is 0 Å². The van der Waals surface area contributed by atoms with Gasteiger partial charge >= 0.3 is 0 Å². The molecule has 2 aromatic rings. The molecule has 0 bridgehead atoms. The van der Waals surface area contributed by atoms with Gasteiger partial charge in [0.1, 0.15) is 0 Å². The summed E-state index contributed by atoms with van der Waals surface area (Å²) in [5.74, 6) is 0. The van der Waals surface area contributed by atoms with Crippen molar-refractivity contribution in [2.45, 2.75) is 38.0 Å². The summed E-state index contributed by atoms with van der Waals surface area (Å²) in [5.41, 5.74) is 10.1. The van der Waals surface area contributed by atoms with Gasteiger partial charge < -0.3 is 0 Å². The van der Waals surface area contributed by atoms with Gasteiger partial charge in [-0.25, -0.2) is 0 Å². The average molecular weight is 317 g/mol. The van der Waals surface area contributed by atoms with Crippen LogP contribution < -0.4 is 0 Å². The lowest BCUT2D eigenvalue weighted by Crippen LogP contribution is -2.40. The fraction of sp³-hybridized carbons (Fsp3) is 0.273. The predicted molar refractivity (Wildman–Crippen MR) is 103 cm³/mol. The lowest BCUT2D eigenvalue weighted by Gasteiger charge is -2.35. The molecular weight excluding hydrogens is 292 g/mol. The number of hydrogen-bond donors (Lipinski definition) is 0. The van der Waals surface area contributed by atoms with Gasteiger partial charge in [-0.2, -0.15) is 0 Å². The number of rotatable bonds is 2. The fourth-order valence-electron chi connectivity index (χ4n) is 4.49. The molecule has 2 aromatic carbocycles. The molecule has 0 heterocycles. The summed E-state index contributed by atoms with van der Waals surface area (Å²) >= 11 is 0.